The number of nitrogens with zero attached hydrogens (tertiary/aromatic N) is 2. The lowest BCUT2D eigenvalue weighted by atomic mass is 10.0. The predicted octanol–water partition coefficient (Wildman–Crippen LogP) is 1.52. The maximum Gasteiger partial charge on any atom is 0.335 e. The van der Waals surface area contributed by atoms with Crippen molar-refractivity contribution >= 4 is 11.9 Å². The molecule has 2 rings (SSSR count). The van der Waals surface area contributed by atoms with Crippen LogP contribution in [0.2, 0.25) is 0 Å². The molecular weight excluding hydrogens is 248 g/mol. The summed E-state index contributed by atoms with van der Waals surface area (Å²) in [4.78, 5) is 25.8. The molecule has 0 atom stereocenters. The van der Waals surface area contributed by atoms with E-state index in [4.69, 9.17) is 10.2 Å². The third-order valence-electron chi connectivity index (χ3n) is 2.70. The lowest BCUT2D eigenvalue weighted by molar-refractivity contribution is 0.0696. The molecule has 2 aromatic rings. The predicted molar refractivity (Wildman–Crippen MR) is 66.3 cm³/mol. The summed E-state index contributed by atoms with van der Waals surface area (Å²) in [6, 6.07) is 4.14. The van der Waals surface area contributed by atoms with Crippen molar-refractivity contribution in [2.24, 2.45) is 0 Å². The van der Waals surface area contributed by atoms with Gasteiger partial charge >= 0.3 is 11.9 Å². The number of hydrogen-bond donors (Lipinski definition) is 2. The third-order valence-corrected chi connectivity index (χ3v) is 2.70. The van der Waals surface area contributed by atoms with Crippen molar-refractivity contribution in [1.29, 1.82) is 0 Å². The number of aryl methyl sites for hydroxylation is 2. The highest BCUT2D eigenvalue weighted by molar-refractivity contribution is 5.94. The minimum absolute atomic E-state index is 0.0134. The second-order valence-corrected chi connectivity index (χ2v) is 4.08. The van der Waals surface area contributed by atoms with Gasteiger partial charge in [0.1, 0.15) is 0 Å². The molecule has 0 bridgehead atoms. The average molecular weight is 260 g/mol. The van der Waals surface area contributed by atoms with E-state index in [1.165, 1.54) is 12.1 Å². The number of carboxylic acids is 2. The molecule has 0 aliphatic heterocycles. The quantitative estimate of drug-likeness (QED) is 0.850. The fraction of sp³-hybridized carbons (Fsp3) is 0.154. The minimum Gasteiger partial charge on any atom is -0.478 e. The van der Waals surface area contributed by atoms with Gasteiger partial charge in [-0.05, 0) is 30.2 Å². The Morgan fingerprint density at radius 2 is 1.74 bits per heavy atom. The Morgan fingerprint density at radius 1 is 1.11 bits per heavy atom. The molecule has 0 spiro atoms. The first-order chi connectivity index (χ1) is 9.06. The molecule has 1 aromatic carbocycles. The van der Waals surface area contributed by atoms with Gasteiger partial charge in [0, 0.05) is 18.9 Å². The van der Waals surface area contributed by atoms with E-state index >= 15 is 0 Å². The van der Waals surface area contributed by atoms with Crippen LogP contribution in [0.25, 0.3) is 0 Å². The third kappa shape index (κ3) is 3.19. The second kappa shape index (κ2) is 5.34. The van der Waals surface area contributed by atoms with E-state index in [2.05, 4.69) is 4.98 Å². The summed E-state index contributed by atoms with van der Waals surface area (Å²) in [7, 11) is 0. The highest BCUT2D eigenvalue weighted by Crippen LogP contribution is 2.12. The van der Waals surface area contributed by atoms with Crippen molar-refractivity contribution in [1.82, 2.24) is 9.55 Å². The summed E-state index contributed by atoms with van der Waals surface area (Å²) in [6.45, 7) is 0.613. The molecule has 98 valence electrons. The lowest BCUT2D eigenvalue weighted by Gasteiger charge is -2.06. The Hall–Kier alpha value is -2.63. The minimum atomic E-state index is -1.13. The van der Waals surface area contributed by atoms with E-state index in [0.717, 1.165) is 6.07 Å². The number of benzene rings is 1. The zero-order valence-corrected chi connectivity index (χ0v) is 9.98. The molecule has 2 N–H and O–H groups in total. The Balaban J connectivity index is 2.23. The fourth-order valence-electron chi connectivity index (χ4n) is 1.76. The van der Waals surface area contributed by atoms with Crippen LogP contribution in [-0.2, 0) is 13.0 Å². The maximum absolute atomic E-state index is 11.0. The van der Waals surface area contributed by atoms with Gasteiger partial charge in [-0.3, -0.25) is 0 Å². The van der Waals surface area contributed by atoms with Gasteiger partial charge in [-0.15, -0.1) is 0 Å². The van der Waals surface area contributed by atoms with E-state index in [-0.39, 0.29) is 11.1 Å². The van der Waals surface area contributed by atoms with Gasteiger partial charge < -0.3 is 14.8 Å². The van der Waals surface area contributed by atoms with Gasteiger partial charge in [-0.25, -0.2) is 14.6 Å². The number of aromatic nitrogens is 2. The zero-order chi connectivity index (χ0) is 13.8. The van der Waals surface area contributed by atoms with Gasteiger partial charge in [0.2, 0.25) is 0 Å². The van der Waals surface area contributed by atoms with Crippen molar-refractivity contribution in [2.75, 3.05) is 0 Å². The monoisotopic (exact) mass is 260 g/mol. The summed E-state index contributed by atoms with van der Waals surface area (Å²) in [6.07, 6.45) is 5.63. The molecule has 1 heterocycles. The van der Waals surface area contributed by atoms with Crippen LogP contribution in [0.3, 0.4) is 0 Å². The first-order valence-corrected chi connectivity index (χ1v) is 5.62. The Kier molecular flexibility index (Phi) is 3.61. The van der Waals surface area contributed by atoms with Crippen LogP contribution in [0.1, 0.15) is 26.3 Å². The van der Waals surface area contributed by atoms with Crippen molar-refractivity contribution in [3.05, 3.63) is 53.6 Å². The van der Waals surface area contributed by atoms with Crippen molar-refractivity contribution in [2.45, 2.75) is 13.0 Å². The Bertz CT molecular complexity index is 573. The lowest BCUT2D eigenvalue weighted by Crippen LogP contribution is -2.06. The van der Waals surface area contributed by atoms with E-state index < -0.39 is 11.9 Å². The molecule has 0 saturated heterocycles. The Morgan fingerprint density at radius 3 is 2.21 bits per heavy atom. The first-order valence-electron chi connectivity index (χ1n) is 5.62. The van der Waals surface area contributed by atoms with E-state index in [1.54, 1.807) is 18.7 Å². The van der Waals surface area contributed by atoms with Crippen LogP contribution in [0.15, 0.2) is 36.9 Å². The average Bonchev–Trinajstić information content (AvgIpc) is 2.89. The zero-order valence-electron chi connectivity index (χ0n) is 9.98. The smallest absolute Gasteiger partial charge is 0.335 e. The highest BCUT2D eigenvalue weighted by Gasteiger charge is 2.11. The summed E-state index contributed by atoms with van der Waals surface area (Å²) in [5.41, 5.74) is 0.645. The number of imidazole rings is 1. The summed E-state index contributed by atoms with van der Waals surface area (Å²) < 4.78 is 1.84. The highest BCUT2D eigenvalue weighted by atomic mass is 16.4. The van der Waals surface area contributed by atoms with Crippen LogP contribution >= 0.6 is 0 Å². The van der Waals surface area contributed by atoms with Crippen LogP contribution < -0.4 is 0 Å². The molecule has 0 aliphatic rings. The Labute approximate surface area is 108 Å². The largest absolute Gasteiger partial charge is 0.478 e. The number of carboxylic acid groups (broad SMARTS) is 2. The van der Waals surface area contributed by atoms with Gasteiger partial charge in [0.05, 0.1) is 17.5 Å². The molecular formula is C13H12N2O4. The topological polar surface area (TPSA) is 92.4 Å². The van der Waals surface area contributed by atoms with Crippen LogP contribution in [0, 0.1) is 0 Å². The van der Waals surface area contributed by atoms with Gasteiger partial charge in [-0.2, -0.15) is 0 Å². The van der Waals surface area contributed by atoms with E-state index in [0.29, 0.717) is 18.5 Å². The molecule has 0 fully saturated rings. The fourth-order valence-corrected chi connectivity index (χ4v) is 1.76. The van der Waals surface area contributed by atoms with Gasteiger partial charge in [0.15, 0.2) is 0 Å². The number of rotatable bonds is 5. The first kappa shape index (κ1) is 12.8. The van der Waals surface area contributed by atoms with Gasteiger partial charge in [0.25, 0.3) is 0 Å². The molecule has 6 heteroatoms. The SMILES string of the molecule is O=C(O)c1cc(CCn2ccnc2)cc(C(=O)O)c1. The van der Waals surface area contributed by atoms with Crippen LogP contribution in [-0.4, -0.2) is 31.7 Å². The molecule has 0 unspecified atom stereocenters. The number of hydrogen-bond acceptors (Lipinski definition) is 3. The number of carbonyl (C=O) groups is 2. The molecule has 6 nitrogen and oxygen atoms in total. The van der Waals surface area contributed by atoms with Crippen LogP contribution in [0.5, 0.6) is 0 Å². The van der Waals surface area contributed by atoms with E-state index in [1.807, 2.05) is 4.57 Å². The molecule has 0 saturated carbocycles. The molecule has 0 aliphatic carbocycles. The molecule has 0 amide bonds. The maximum atomic E-state index is 11.0. The summed E-state index contributed by atoms with van der Waals surface area (Å²) in [5, 5.41) is 17.9. The summed E-state index contributed by atoms with van der Waals surface area (Å²) in [5.74, 6) is -2.26. The summed E-state index contributed by atoms with van der Waals surface area (Å²) >= 11 is 0. The van der Waals surface area contributed by atoms with Crippen molar-refractivity contribution < 1.29 is 19.8 Å². The second-order valence-electron chi connectivity index (χ2n) is 4.08. The van der Waals surface area contributed by atoms with E-state index in [9.17, 15) is 9.59 Å². The molecule has 1 aromatic heterocycles. The van der Waals surface area contributed by atoms with Crippen molar-refractivity contribution in [3.8, 4) is 0 Å². The number of aromatic carboxylic acids is 2. The molecule has 19 heavy (non-hydrogen) atoms. The van der Waals surface area contributed by atoms with Crippen molar-refractivity contribution in [3.63, 3.8) is 0 Å². The normalized spacial score (nSPS) is 10.3. The van der Waals surface area contributed by atoms with Crippen LogP contribution in [0.4, 0.5) is 0 Å². The van der Waals surface area contributed by atoms with Gasteiger partial charge in [-0.1, -0.05) is 0 Å². The molecule has 0 radical (unpaired) electrons. The standard InChI is InChI=1S/C13H12N2O4/c16-12(17)10-5-9(6-11(7-10)13(18)19)1-3-15-4-2-14-8-15/h2,4-8H,1,3H2,(H,16,17)(H,18,19).